The standard InChI is InChI=1S/C8H9O2/c1-2-4-8-7(3-1)5-6-9-10-8/h1-4,7H,5-6H2. The fraction of sp³-hybridized carbons (Fsp3) is 0.375. The quantitative estimate of drug-likeness (QED) is 0.472. The maximum atomic E-state index is 4.96. The van der Waals surface area contributed by atoms with E-state index < -0.39 is 0 Å². The lowest BCUT2D eigenvalue weighted by atomic mass is 9.94. The highest BCUT2D eigenvalue weighted by Gasteiger charge is 2.25. The molecule has 1 atom stereocenters. The van der Waals surface area contributed by atoms with Gasteiger partial charge in [-0.2, -0.15) is 0 Å². The second-order valence-electron chi connectivity index (χ2n) is 2.45. The average molecular weight is 137 g/mol. The van der Waals surface area contributed by atoms with Crippen LogP contribution < -0.4 is 0 Å². The van der Waals surface area contributed by atoms with Crippen molar-refractivity contribution in [2.24, 2.45) is 5.92 Å². The van der Waals surface area contributed by atoms with Gasteiger partial charge < -0.3 is 0 Å². The molecule has 1 fully saturated rings. The van der Waals surface area contributed by atoms with Gasteiger partial charge in [0.2, 0.25) is 0 Å². The predicted octanol–water partition coefficient (Wildman–Crippen LogP) is 1.61. The molecule has 10 heavy (non-hydrogen) atoms. The van der Waals surface area contributed by atoms with E-state index in [1.54, 1.807) is 0 Å². The Hall–Kier alpha value is -0.600. The maximum absolute atomic E-state index is 4.96. The first kappa shape index (κ1) is 6.13. The minimum Gasteiger partial charge on any atom is -0.236 e. The average Bonchev–Trinajstić information content (AvgIpc) is 2.05. The van der Waals surface area contributed by atoms with Gasteiger partial charge in [-0.1, -0.05) is 18.2 Å². The van der Waals surface area contributed by atoms with Crippen molar-refractivity contribution in [1.82, 2.24) is 0 Å². The van der Waals surface area contributed by atoms with Gasteiger partial charge in [-0.25, -0.2) is 9.78 Å². The van der Waals surface area contributed by atoms with Crippen molar-refractivity contribution >= 4 is 0 Å². The Morgan fingerprint density at radius 3 is 3.30 bits per heavy atom. The van der Waals surface area contributed by atoms with E-state index in [0.29, 0.717) is 12.5 Å². The first-order chi connectivity index (χ1) is 4.97. The lowest BCUT2D eigenvalue weighted by molar-refractivity contribution is -0.306. The molecule has 2 nitrogen and oxygen atoms in total. The zero-order valence-electron chi connectivity index (χ0n) is 5.62. The third-order valence-corrected chi connectivity index (χ3v) is 1.75. The fourth-order valence-electron chi connectivity index (χ4n) is 1.18. The molecule has 53 valence electrons. The molecule has 0 N–H and O–H groups in total. The van der Waals surface area contributed by atoms with E-state index >= 15 is 0 Å². The Balaban J connectivity index is 2.09. The Kier molecular flexibility index (Phi) is 1.57. The Morgan fingerprint density at radius 1 is 1.40 bits per heavy atom. The van der Waals surface area contributed by atoms with Crippen LogP contribution >= 0.6 is 0 Å². The number of allylic oxidation sites excluding steroid dienone is 2. The summed E-state index contributed by atoms with van der Waals surface area (Å²) in [4.78, 5) is 9.78. The summed E-state index contributed by atoms with van der Waals surface area (Å²) in [6, 6.07) is 0. The summed E-state index contributed by atoms with van der Waals surface area (Å²) in [5, 5.41) is 0. The minimum atomic E-state index is 0.457. The van der Waals surface area contributed by atoms with Gasteiger partial charge in [0.25, 0.3) is 0 Å². The molecule has 1 saturated heterocycles. The van der Waals surface area contributed by atoms with Gasteiger partial charge >= 0.3 is 0 Å². The van der Waals surface area contributed by atoms with Crippen LogP contribution in [0.5, 0.6) is 0 Å². The number of rotatable bonds is 0. The van der Waals surface area contributed by atoms with Crippen LogP contribution in [0.4, 0.5) is 0 Å². The van der Waals surface area contributed by atoms with Gasteiger partial charge in [0.15, 0.2) is 6.10 Å². The van der Waals surface area contributed by atoms with Crippen molar-refractivity contribution in [1.29, 1.82) is 0 Å². The molecular formula is C8H9O2. The summed E-state index contributed by atoms with van der Waals surface area (Å²) < 4.78 is 0. The SMILES string of the molecule is C1=C[C]2OOCCC2C=C1. The molecule has 0 amide bonds. The van der Waals surface area contributed by atoms with Gasteiger partial charge in [-0.15, -0.1) is 0 Å². The van der Waals surface area contributed by atoms with Crippen LogP contribution in [0.2, 0.25) is 0 Å². The summed E-state index contributed by atoms with van der Waals surface area (Å²) in [5.74, 6) is 0.457. The van der Waals surface area contributed by atoms with Crippen molar-refractivity contribution in [3.8, 4) is 0 Å². The smallest absolute Gasteiger partial charge is 0.164 e. The molecular weight excluding hydrogens is 128 g/mol. The van der Waals surface area contributed by atoms with Gasteiger partial charge in [-0.3, -0.25) is 0 Å². The molecule has 1 unspecified atom stereocenters. The summed E-state index contributed by atoms with van der Waals surface area (Å²) in [5.41, 5.74) is 0. The molecule has 2 aliphatic rings. The van der Waals surface area contributed by atoms with Crippen molar-refractivity contribution < 1.29 is 9.78 Å². The Bertz CT molecular complexity index is 152. The molecule has 1 radical (unpaired) electrons. The maximum Gasteiger partial charge on any atom is 0.164 e. The second kappa shape index (κ2) is 2.56. The zero-order chi connectivity index (χ0) is 6.81. The molecule has 2 rings (SSSR count). The molecule has 0 aromatic rings. The van der Waals surface area contributed by atoms with Crippen LogP contribution in [0.25, 0.3) is 0 Å². The minimum absolute atomic E-state index is 0.457. The van der Waals surface area contributed by atoms with Gasteiger partial charge in [0.1, 0.15) is 0 Å². The normalized spacial score (nSPS) is 32.2. The Labute approximate surface area is 60.1 Å². The van der Waals surface area contributed by atoms with Crippen molar-refractivity contribution in [3.05, 3.63) is 30.4 Å². The molecule has 2 heteroatoms. The summed E-state index contributed by atoms with van der Waals surface area (Å²) in [6.45, 7) is 0.701. The molecule has 0 bridgehead atoms. The van der Waals surface area contributed by atoms with Crippen LogP contribution in [-0.4, -0.2) is 6.61 Å². The van der Waals surface area contributed by atoms with Crippen molar-refractivity contribution in [2.45, 2.75) is 6.42 Å². The first-order valence-electron chi connectivity index (χ1n) is 3.48. The van der Waals surface area contributed by atoms with Gasteiger partial charge in [-0.05, 0) is 12.5 Å². The zero-order valence-corrected chi connectivity index (χ0v) is 5.62. The molecule has 1 heterocycles. The highest BCUT2D eigenvalue weighted by atomic mass is 17.2. The van der Waals surface area contributed by atoms with E-state index in [1.807, 2.05) is 18.2 Å². The van der Waals surface area contributed by atoms with Gasteiger partial charge in [0, 0.05) is 5.92 Å². The van der Waals surface area contributed by atoms with Crippen LogP contribution in [0, 0.1) is 12.0 Å². The Morgan fingerprint density at radius 2 is 2.40 bits per heavy atom. The van der Waals surface area contributed by atoms with Crippen LogP contribution in [0.15, 0.2) is 24.3 Å². The molecule has 0 spiro atoms. The summed E-state index contributed by atoms with van der Waals surface area (Å²) >= 11 is 0. The largest absolute Gasteiger partial charge is 0.236 e. The fourth-order valence-corrected chi connectivity index (χ4v) is 1.18. The monoisotopic (exact) mass is 137 g/mol. The van der Waals surface area contributed by atoms with Crippen LogP contribution in [-0.2, 0) is 9.78 Å². The second-order valence-corrected chi connectivity index (χ2v) is 2.45. The highest BCUT2D eigenvalue weighted by molar-refractivity contribution is 5.23. The van der Waals surface area contributed by atoms with E-state index in [2.05, 4.69) is 6.08 Å². The molecule has 1 aliphatic heterocycles. The lowest BCUT2D eigenvalue weighted by Gasteiger charge is -2.26. The molecule has 0 aromatic heterocycles. The van der Waals surface area contributed by atoms with E-state index in [-0.39, 0.29) is 0 Å². The third kappa shape index (κ3) is 1.00. The predicted molar refractivity (Wildman–Crippen MR) is 36.7 cm³/mol. The number of hydrogen-bond donors (Lipinski definition) is 0. The van der Waals surface area contributed by atoms with Crippen molar-refractivity contribution in [2.75, 3.05) is 6.61 Å². The van der Waals surface area contributed by atoms with E-state index in [0.717, 1.165) is 12.5 Å². The van der Waals surface area contributed by atoms with Gasteiger partial charge in [0.05, 0.1) is 6.61 Å². The third-order valence-electron chi connectivity index (χ3n) is 1.75. The van der Waals surface area contributed by atoms with Crippen LogP contribution in [0.1, 0.15) is 6.42 Å². The van der Waals surface area contributed by atoms with Crippen LogP contribution in [0.3, 0.4) is 0 Å². The number of hydrogen-bond acceptors (Lipinski definition) is 2. The topological polar surface area (TPSA) is 18.5 Å². The van der Waals surface area contributed by atoms with Crippen molar-refractivity contribution in [3.63, 3.8) is 0 Å². The first-order valence-corrected chi connectivity index (χ1v) is 3.48. The van der Waals surface area contributed by atoms with E-state index in [4.69, 9.17) is 9.78 Å². The molecule has 0 aromatic carbocycles. The molecule has 1 aliphatic carbocycles. The molecule has 0 saturated carbocycles. The van der Waals surface area contributed by atoms with E-state index in [1.165, 1.54) is 0 Å². The summed E-state index contributed by atoms with van der Waals surface area (Å²) in [6.07, 6.45) is 10.1. The van der Waals surface area contributed by atoms with E-state index in [9.17, 15) is 0 Å². The summed E-state index contributed by atoms with van der Waals surface area (Å²) in [7, 11) is 0. The number of fused-ring (bicyclic) bond motifs is 1. The highest BCUT2D eigenvalue weighted by Crippen LogP contribution is 2.29. The lowest BCUT2D eigenvalue weighted by Crippen LogP contribution is -2.21.